The lowest BCUT2D eigenvalue weighted by atomic mass is 10.0. The maximum Gasteiger partial charge on any atom is 0.169 e. The SMILES string of the molecule is CCC(CC)CN(CC)C(=S)NCCOC. The van der Waals surface area contributed by atoms with Gasteiger partial charge in [0.05, 0.1) is 6.61 Å². The molecule has 0 aliphatic heterocycles. The van der Waals surface area contributed by atoms with Gasteiger partial charge in [0.15, 0.2) is 5.11 Å². The summed E-state index contributed by atoms with van der Waals surface area (Å²) in [5, 5.41) is 4.07. The fourth-order valence-corrected chi connectivity index (χ4v) is 1.89. The maximum atomic E-state index is 5.36. The average molecular weight is 246 g/mol. The standard InChI is InChI=1S/C12H26N2OS/c1-5-11(6-2)10-14(7-3)12(16)13-8-9-15-4/h11H,5-10H2,1-4H3,(H,13,16). The first kappa shape index (κ1) is 15.7. The third kappa shape index (κ3) is 6.28. The fraction of sp³-hybridized carbons (Fsp3) is 0.917. The van der Waals surface area contributed by atoms with Gasteiger partial charge in [-0.15, -0.1) is 0 Å². The molecule has 0 rings (SSSR count). The molecule has 0 heterocycles. The lowest BCUT2D eigenvalue weighted by Gasteiger charge is -2.28. The van der Waals surface area contributed by atoms with E-state index < -0.39 is 0 Å². The van der Waals surface area contributed by atoms with Gasteiger partial charge < -0.3 is 15.0 Å². The van der Waals surface area contributed by atoms with Crippen LogP contribution in [-0.4, -0.2) is 43.4 Å². The monoisotopic (exact) mass is 246 g/mol. The summed E-state index contributed by atoms with van der Waals surface area (Å²) >= 11 is 5.36. The van der Waals surface area contributed by atoms with Crippen LogP contribution in [0.4, 0.5) is 0 Å². The van der Waals surface area contributed by atoms with Crippen molar-refractivity contribution in [3.05, 3.63) is 0 Å². The quantitative estimate of drug-likeness (QED) is 0.524. The normalized spacial score (nSPS) is 10.6. The Kier molecular flexibility index (Phi) is 9.63. The zero-order chi connectivity index (χ0) is 12.4. The van der Waals surface area contributed by atoms with Gasteiger partial charge in [-0.05, 0) is 25.1 Å². The predicted octanol–water partition coefficient (Wildman–Crippen LogP) is 2.27. The zero-order valence-electron chi connectivity index (χ0n) is 11.1. The topological polar surface area (TPSA) is 24.5 Å². The van der Waals surface area contributed by atoms with Crippen LogP contribution in [0.2, 0.25) is 0 Å². The first-order valence-corrected chi connectivity index (χ1v) is 6.61. The molecule has 0 fully saturated rings. The highest BCUT2D eigenvalue weighted by atomic mass is 32.1. The van der Waals surface area contributed by atoms with Gasteiger partial charge >= 0.3 is 0 Å². The van der Waals surface area contributed by atoms with Crippen molar-refractivity contribution in [1.82, 2.24) is 10.2 Å². The summed E-state index contributed by atoms with van der Waals surface area (Å²) in [6.07, 6.45) is 2.43. The number of rotatable bonds is 8. The van der Waals surface area contributed by atoms with E-state index in [1.807, 2.05) is 0 Å². The number of hydrogen-bond donors (Lipinski definition) is 1. The Bertz CT molecular complexity index is 184. The minimum absolute atomic E-state index is 0.697. The van der Waals surface area contributed by atoms with Gasteiger partial charge in [0, 0.05) is 26.7 Å². The second-order valence-corrected chi connectivity index (χ2v) is 4.33. The van der Waals surface area contributed by atoms with Crippen LogP contribution in [0.3, 0.4) is 0 Å². The van der Waals surface area contributed by atoms with Crippen molar-refractivity contribution >= 4 is 17.3 Å². The van der Waals surface area contributed by atoms with Crippen molar-refractivity contribution in [2.75, 3.05) is 33.4 Å². The Morgan fingerprint density at radius 3 is 2.38 bits per heavy atom. The molecule has 0 atom stereocenters. The lowest BCUT2D eigenvalue weighted by Crippen LogP contribution is -2.43. The largest absolute Gasteiger partial charge is 0.383 e. The van der Waals surface area contributed by atoms with Crippen molar-refractivity contribution in [2.24, 2.45) is 5.92 Å². The Hall–Kier alpha value is -0.350. The van der Waals surface area contributed by atoms with Gasteiger partial charge in [-0.2, -0.15) is 0 Å². The second kappa shape index (κ2) is 9.85. The molecule has 0 radical (unpaired) electrons. The summed E-state index contributed by atoms with van der Waals surface area (Å²) in [4.78, 5) is 2.24. The molecular formula is C12H26N2OS. The van der Waals surface area contributed by atoms with E-state index >= 15 is 0 Å². The molecule has 0 aromatic heterocycles. The van der Waals surface area contributed by atoms with E-state index in [1.54, 1.807) is 7.11 Å². The number of nitrogens with one attached hydrogen (secondary N) is 1. The molecule has 1 N–H and O–H groups in total. The molecule has 96 valence electrons. The van der Waals surface area contributed by atoms with Crippen molar-refractivity contribution in [2.45, 2.75) is 33.6 Å². The van der Waals surface area contributed by atoms with Gasteiger partial charge in [-0.25, -0.2) is 0 Å². The van der Waals surface area contributed by atoms with Gasteiger partial charge in [-0.3, -0.25) is 0 Å². The molecule has 0 amide bonds. The van der Waals surface area contributed by atoms with Crippen molar-refractivity contribution < 1.29 is 4.74 Å². The molecule has 16 heavy (non-hydrogen) atoms. The summed E-state index contributed by atoms with van der Waals surface area (Å²) in [7, 11) is 1.70. The molecule has 4 heteroatoms. The lowest BCUT2D eigenvalue weighted by molar-refractivity contribution is 0.202. The van der Waals surface area contributed by atoms with Crippen molar-refractivity contribution in [3.63, 3.8) is 0 Å². The predicted molar refractivity (Wildman–Crippen MR) is 73.8 cm³/mol. The Labute approximate surface area is 106 Å². The number of ether oxygens (including phenoxy) is 1. The van der Waals surface area contributed by atoms with Crippen LogP contribution in [0, 0.1) is 5.92 Å². The van der Waals surface area contributed by atoms with Crippen LogP contribution < -0.4 is 5.32 Å². The van der Waals surface area contributed by atoms with Crippen molar-refractivity contribution in [3.8, 4) is 0 Å². The zero-order valence-corrected chi connectivity index (χ0v) is 11.9. The van der Waals surface area contributed by atoms with Gasteiger partial charge in [0.25, 0.3) is 0 Å². The van der Waals surface area contributed by atoms with E-state index in [4.69, 9.17) is 17.0 Å². The van der Waals surface area contributed by atoms with E-state index in [0.29, 0.717) is 6.61 Å². The number of methoxy groups -OCH3 is 1. The molecule has 0 aromatic rings. The molecule has 0 spiro atoms. The van der Waals surface area contributed by atoms with Crippen LogP contribution in [0.15, 0.2) is 0 Å². The number of thiocarbonyl (C=S) groups is 1. The van der Waals surface area contributed by atoms with E-state index in [0.717, 1.165) is 30.7 Å². The molecule has 0 aliphatic carbocycles. The molecule has 0 aliphatic rings. The Morgan fingerprint density at radius 1 is 1.31 bits per heavy atom. The van der Waals surface area contributed by atoms with Gasteiger partial charge in [0.1, 0.15) is 0 Å². The summed E-state index contributed by atoms with van der Waals surface area (Å²) in [5.74, 6) is 0.738. The molecule has 0 aromatic carbocycles. The van der Waals surface area contributed by atoms with Gasteiger partial charge in [0.2, 0.25) is 0 Å². The molecular weight excluding hydrogens is 220 g/mol. The first-order chi connectivity index (χ1) is 7.69. The first-order valence-electron chi connectivity index (χ1n) is 6.21. The third-order valence-electron chi connectivity index (χ3n) is 2.88. The number of nitrogens with zero attached hydrogens (tertiary/aromatic N) is 1. The summed E-state index contributed by atoms with van der Waals surface area (Å²) < 4.78 is 4.99. The van der Waals surface area contributed by atoms with E-state index in [-0.39, 0.29) is 0 Å². The summed E-state index contributed by atoms with van der Waals surface area (Å²) in [6.45, 7) is 10.1. The van der Waals surface area contributed by atoms with Crippen LogP contribution >= 0.6 is 12.2 Å². The van der Waals surface area contributed by atoms with Crippen LogP contribution in [0.25, 0.3) is 0 Å². The van der Waals surface area contributed by atoms with Gasteiger partial charge in [-0.1, -0.05) is 26.7 Å². The average Bonchev–Trinajstić information content (AvgIpc) is 2.31. The molecule has 0 saturated carbocycles. The fourth-order valence-electron chi connectivity index (χ4n) is 1.59. The molecule has 0 saturated heterocycles. The van der Waals surface area contributed by atoms with Crippen LogP contribution in [-0.2, 0) is 4.74 Å². The summed E-state index contributed by atoms with van der Waals surface area (Å²) in [6, 6.07) is 0. The Morgan fingerprint density at radius 2 is 1.94 bits per heavy atom. The third-order valence-corrected chi connectivity index (χ3v) is 3.29. The van der Waals surface area contributed by atoms with E-state index in [9.17, 15) is 0 Å². The Balaban J connectivity index is 4.00. The van der Waals surface area contributed by atoms with Crippen molar-refractivity contribution in [1.29, 1.82) is 0 Å². The van der Waals surface area contributed by atoms with Crippen LogP contribution in [0.1, 0.15) is 33.6 Å². The molecule has 0 bridgehead atoms. The van der Waals surface area contributed by atoms with E-state index in [1.165, 1.54) is 12.8 Å². The molecule has 0 unspecified atom stereocenters. The maximum absolute atomic E-state index is 5.36. The highest BCUT2D eigenvalue weighted by Crippen LogP contribution is 2.09. The molecule has 3 nitrogen and oxygen atoms in total. The second-order valence-electron chi connectivity index (χ2n) is 3.95. The van der Waals surface area contributed by atoms with Crippen LogP contribution in [0.5, 0.6) is 0 Å². The number of hydrogen-bond acceptors (Lipinski definition) is 2. The highest BCUT2D eigenvalue weighted by Gasteiger charge is 2.12. The summed E-state index contributed by atoms with van der Waals surface area (Å²) in [5.41, 5.74) is 0. The minimum Gasteiger partial charge on any atom is -0.383 e. The minimum atomic E-state index is 0.697. The van der Waals surface area contributed by atoms with E-state index in [2.05, 4.69) is 31.0 Å². The highest BCUT2D eigenvalue weighted by molar-refractivity contribution is 7.80. The smallest absolute Gasteiger partial charge is 0.169 e.